The average molecular weight is 277 g/mol. The lowest BCUT2D eigenvalue weighted by Crippen LogP contribution is -2.11. The van der Waals surface area contributed by atoms with Crippen LogP contribution in [0.1, 0.15) is 28.4 Å². The minimum absolute atomic E-state index is 0.240. The van der Waals surface area contributed by atoms with Gasteiger partial charge in [-0.1, -0.05) is 12.6 Å². The maximum atomic E-state index is 11.5. The number of hydrogen-bond donors (Lipinski definition) is 1. The number of esters is 2. The molecule has 1 rings (SSSR count). The molecule has 0 aromatic heterocycles. The third kappa shape index (κ3) is 3.60. The predicted molar refractivity (Wildman–Crippen MR) is 76.4 cm³/mol. The van der Waals surface area contributed by atoms with Gasteiger partial charge < -0.3 is 15.2 Å². The van der Waals surface area contributed by atoms with Crippen LogP contribution in [0.5, 0.6) is 0 Å². The van der Waals surface area contributed by atoms with E-state index in [1.807, 2.05) is 6.92 Å². The standard InChI is InChI=1S/C15H19NO4/c1-9(2)14(17)20-8-7-11-5-6-12(15(18)19-4)13(16)10(11)3/h5-6H,1,7-8,16H2,2-4H3. The molecular formula is C15H19NO4. The zero-order chi connectivity index (χ0) is 15.3. The lowest BCUT2D eigenvalue weighted by Gasteiger charge is -2.12. The Kier molecular flexibility index (Phi) is 5.32. The predicted octanol–water partition coefficient (Wildman–Crippen LogP) is 2.03. The molecule has 0 aliphatic carbocycles. The number of ether oxygens (including phenoxy) is 2. The first-order valence-corrected chi connectivity index (χ1v) is 6.17. The van der Waals surface area contributed by atoms with Gasteiger partial charge in [-0.3, -0.25) is 0 Å². The van der Waals surface area contributed by atoms with Crippen molar-refractivity contribution in [1.82, 2.24) is 0 Å². The van der Waals surface area contributed by atoms with E-state index in [0.717, 1.165) is 11.1 Å². The number of nitrogens with two attached hydrogens (primary N) is 1. The average Bonchev–Trinajstić information content (AvgIpc) is 2.42. The number of carbonyl (C=O) groups is 2. The van der Waals surface area contributed by atoms with Crippen molar-refractivity contribution in [3.63, 3.8) is 0 Å². The first-order chi connectivity index (χ1) is 9.38. The SMILES string of the molecule is C=C(C)C(=O)OCCc1ccc(C(=O)OC)c(N)c1C. The summed E-state index contributed by atoms with van der Waals surface area (Å²) in [6.07, 6.45) is 0.524. The highest BCUT2D eigenvalue weighted by atomic mass is 16.5. The van der Waals surface area contributed by atoms with Crippen LogP contribution in [0.25, 0.3) is 0 Å². The van der Waals surface area contributed by atoms with Gasteiger partial charge in [-0.15, -0.1) is 0 Å². The first kappa shape index (κ1) is 15.8. The number of anilines is 1. The van der Waals surface area contributed by atoms with Gasteiger partial charge in [0.05, 0.1) is 19.3 Å². The van der Waals surface area contributed by atoms with Crippen LogP contribution in [0, 0.1) is 6.92 Å². The normalized spacial score (nSPS) is 9.95. The van der Waals surface area contributed by atoms with Crippen molar-refractivity contribution >= 4 is 17.6 Å². The topological polar surface area (TPSA) is 78.6 Å². The second kappa shape index (κ2) is 6.75. The van der Waals surface area contributed by atoms with Gasteiger partial charge in [0.2, 0.25) is 0 Å². The summed E-state index contributed by atoms with van der Waals surface area (Å²) >= 11 is 0. The van der Waals surface area contributed by atoms with Gasteiger partial charge in [0.15, 0.2) is 0 Å². The fraction of sp³-hybridized carbons (Fsp3) is 0.333. The molecule has 0 saturated heterocycles. The first-order valence-electron chi connectivity index (χ1n) is 6.17. The van der Waals surface area contributed by atoms with E-state index in [1.54, 1.807) is 19.1 Å². The summed E-state index contributed by atoms with van der Waals surface area (Å²) in [5.74, 6) is -0.882. The molecule has 0 aliphatic heterocycles. The third-order valence-corrected chi connectivity index (χ3v) is 2.99. The van der Waals surface area contributed by atoms with Gasteiger partial charge in [0, 0.05) is 17.7 Å². The molecular weight excluding hydrogens is 258 g/mol. The van der Waals surface area contributed by atoms with Crippen molar-refractivity contribution in [3.05, 3.63) is 41.0 Å². The lowest BCUT2D eigenvalue weighted by molar-refractivity contribution is -0.138. The summed E-state index contributed by atoms with van der Waals surface area (Å²) in [6.45, 7) is 7.16. The Morgan fingerprint density at radius 1 is 1.35 bits per heavy atom. The maximum Gasteiger partial charge on any atom is 0.339 e. The summed E-state index contributed by atoms with van der Waals surface area (Å²) in [5, 5.41) is 0. The van der Waals surface area contributed by atoms with Gasteiger partial charge in [-0.2, -0.15) is 0 Å². The quantitative estimate of drug-likeness (QED) is 0.506. The molecule has 0 fully saturated rings. The van der Waals surface area contributed by atoms with E-state index in [0.29, 0.717) is 23.2 Å². The van der Waals surface area contributed by atoms with E-state index in [2.05, 4.69) is 11.3 Å². The van der Waals surface area contributed by atoms with Gasteiger partial charge >= 0.3 is 11.9 Å². The Labute approximate surface area is 118 Å². The molecule has 5 nitrogen and oxygen atoms in total. The smallest absolute Gasteiger partial charge is 0.339 e. The highest BCUT2D eigenvalue weighted by Gasteiger charge is 2.14. The molecule has 0 bridgehead atoms. The zero-order valence-electron chi connectivity index (χ0n) is 12.0. The number of hydrogen-bond acceptors (Lipinski definition) is 5. The Hall–Kier alpha value is -2.30. The molecule has 1 aromatic carbocycles. The molecule has 0 radical (unpaired) electrons. The van der Waals surface area contributed by atoms with Crippen molar-refractivity contribution in [1.29, 1.82) is 0 Å². The van der Waals surface area contributed by atoms with Crippen molar-refractivity contribution in [2.45, 2.75) is 20.3 Å². The minimum Gasteiger partial charge on any atom is -0.465 e. The van der Waals surface area contributed by atoms with Gasteiger partial charge in [0.25, 0.3) is 0 Å². The van der Waals surface area contributed by atoms with E-state index in [1.165, 1.54) is 7.11 Å². The zero-order valence-corrected chi connectivity index (χ0v) is 12.0. The van der Waals surface area contributed by atoms with Gasteiger partial charge in [0.1, 0.15) is 0 Å². The van der Waals surface area contributed by atoms with Gasteiger partial charge in [-0.25, -0.2) is 9.59 Å². The molecule has 1 aromatic rings. The van der Waals surface area contributed by atoms with Gasteiger partial charge in [-0.05, 0) is 31.0 Å². The molecule has 108 valence electrons. The summed E-state index contributed by atoms with van der Waals surface area (Å²) in [5.41, 5.74) is 8.72. The highest BCUT2D eigenvalue weighted by molar-refractivity contribution is 5.96. The molecule has 2 N–H and O–H groups in total. The monoisotopic (exact) mass is 277 g/mol. The number of rotatable bonds is 5. The second-order valence-electron chi connectivity index (χ2n) is 4.47. The summed E-state index contributed by atoms with van der Waals surface area (Å²) in [6, 6.07) is 3.40. The fourth-order valence-electron chi connectivity index (χ4n) is 1.71. The third-order valence-electron chi connectivity index (χ3n) is 2.99. The van der Waals surface area contributed by atoms with Crippen LogP contribution in [0.3, 0.4) is 0 Å². The molecule has 5 heteroatoms. The molecule has 0 amide bonds. The van der Waals surface area contributed by atoms with Crippen LogP contribution >= 0.6 is 0 Å². The minimum atomic E-state index is -0.467. The van der Waals surface area contributed by atoms with Crippen LogP contribution in [0.4, 0.5) is 5.69 Å². The van der Waals surface area contributed by atoms with Crippen LogP contribution < -0.4 is 5.73 Å². The summed E-state index contributed by atoms with van der Waals surface area (Å²) in [4.78, 5) is 22.8. The molecule has 0 spiro atoms. The van der Waals surface area contributed by atoms with Crippen LogP contribution in [0.2, 0.25) is 0 Å². The van der Waals surface area contributed by atoms with E-state index in [-0.39, 0.29) is 6.61 Å². The molecule has 0 atom stereocenters. The van der Waals surface area contributed by atoms with Crippen LogP contribution in [0.15, 0.2) is 24.3 Å². The van der Waals surface area contributed by atoms with E-state index in [4.69, 9.17) is 10.5 Å². The number of methoxy groups -OCH3 is 1. The number of carbonyl (C=O) groups excluding carboxylic acids is 2. The van der Waals surface area contributed by atoms with E-state index in [9.17, 15) is 9.59 Å². The van der Waals surface area contributed by atoms with Crippen LogP contribution in [-0.4, -0.2) is 25.7 Å². The Bertz CT molecular complexity index is 549. The van der Waals surface area contributed by atoms with Crippen molar-refractivity contribution < 1.29 is 19.1 Å². The number of benzene rings is 1. The number of nitrogen functional groups attached to an aromatic ring is 1. The summed E-state index contributed by atoms with van der Waals surface area (Å²) in [7, 11) is 1.31. The van der Waals surface area contributed by atoms with E-state index >= 15 is 0 Å². The fourth-order valence-corrected chi connectivity index (χ4v) is 1.71. The summed E-state index contributed by atoms with van der Waals surface area (Å²) < 4.78 is 9.68. The van der Waals surface area contributed by atoms with E-state index < -0.39 is 11.9 Å². The van der Waals surface area contributed by atoms with Crippen molar-refractivity contribution in [3.8, 4) is 0 Å². The largest absolute Gasteiger partial charge is 0.465 e. The Morgan fingerprint density at radius 2 is 2.00 bits per heavy atom. The molecule has 20 heavy (non-hydrogen) atoms. The Morgan fingerprint density at radius 3 is 2.55 bits per heavy atom. The second-order valence-corrected chi connectivity index (χ2v) is 4.47. The Balaban J connectivity index is 2.78. The lowest BCUT2D eigenvalue weighted by atomic mass is 10.00. The maximum absolute atomic E-state index is 11.5. The molecule has 0 aliphatic rings. The molecule has 0 unspecified atom stereocenters. The van der Waals surface area contributed by atoms with Crippen molar-refractivity contribution in [2.75, 3.05) is 19.5 Å². The molecule has 0 heterocycles. The van der Waals surface area contributed by atoms with Crippen molar-refractivity contribution in [2.24, 2.45) is 0 Å². The van der Waals surface area contributed by atoms with Crippen LogP contribution in [-0.2, 0) is 20.7 Å². The highest BCUT2D eigenvalue weighted by Crippen LogP contribution is 2.22. The molecule has 0 saturated carbocycles.